The van der Waals surface area contributed by atoms with E-state index in [9.17, 15) is 4.79 Å². The maximum atomic E-state index is 12.7. The van der Waals surface area contributed by atoms with E-state index in [2.05, 4.69) is 6.08 Å². The molecule has 0 N–H and O–H groups in total. The molecule has 0 saturated carbocycles. The lowest BCUT2D eigenvalue weighted by Crippen LogP contribution is -2.06. The predicted octanol–water partition coefficient (Wildman–Crippen LogP) is 4.62. The Hall–Kier alpha value is -2.75. The first-order valence-corrected chi connectivity index (χ1v) is 8.68. The van der Waals surface area contributed by atoms with Crippen LogP contribution >= 0.6 is 0 Å². The second-order valence-electron chi connectivity index (χ2n) is 6.49. The van der Waals surface area contributed by atoms with Gasteiger partial charge in [0.2, 0.25) is 0 Å². The van der Waals surface area contributed by atoms with E-state index >= 15 is 0 Å². The molecule has 136 valence electrons. The average Bonchev–Trinajstić information content (AvgIpc) is 2.67. The topological polar surface area (TPSA) is 44.8 Å². The number of hydrogen-bond donors (Lipinski definition) is 0. The molecule has 0 unspecified atom stereocenters. The maximum Gasteiger partial charge on any atom is 0.167 e. The van der Waals surface area contributed by atoms with Crippen molar-refractivity contribution >= 4 is 11.9 Å². The van der Waals surface area contributed by atoms with Gasteiger partial charge in [-0.3, -0.25) is 4.79 Å². The Bertz CT molecular complexity index is 865. The van der Waals surface area contributed by atoms with Gasteiger partial charge in [-0.25, -0.2) is 0 Å². The lowest BCUT2D eigenvalue weighted by atomic mass is 9.88. The number of rotatable bonds is 6. The van der Waals surface area contributed by atoms with Crippen molar-refractivity contribution in [3.63, 3.8) is 0 Å². The molecular formula is C22H24O4. The number of carbonyl (C=O) groups is 1. The molecular weight excluding hydrogens is 328 g/mol. The van der Waals surface area contributed by atoms with Crippen LogP contribution in [0.3, 0.4) is 0 Å². The average molecular weight is 352 g/mol. The molecule has 0 aliphatic heterocycles. The number of ketones is 1. The third-order valence-electron chi connectivity index (χ3n) is 4.84. The molecule has 0 saturated heterocycles. The number of methoxy groups -OCH3 is 3. The van der Waals surface area contributed by atoms with Crippen molar-refractivity contribution in [2.45, 2.75) is 26.2 Å². The summed E-state index contributed by atoms with van der Waals surface area (Å²) in [5.74, 6) is 2.30. The highest BCUT2D eigenvalue weighted by atomic mass is 16.5. The lowest BCUT2D eigenvalue weighted by Gasteiger charge is -2.19. The maximum absolute atomic E-state index is 12.7. The fourth-order valence-corrected chi connectivity index (χ4v) is 3.32. The molecule has 0 aromatic heterocycles. The normalized spacial score (nSPS) is 12.8. The van der Waals surface area contributed by atoms with Crippen molar-refractivity contribution < 1.29 is 19.0 Å². The Morgan fingerprint density at radius 2 is 1.62 bits per heavy atom. The predicted molar refractivity (Wildman–Crippen MR) is 103 cm³/mol. The SMILES string of the molecule is COc1cc(C(=O)CC2=Cc3cc(OC)c(OC)cc3CC2)ccc1C. The molecule has 1 aliphatic carbocycles. The van der Waals surface area contributed by atoms with Crippen molar-refractivity contribution in [2.24, 2.45) is 0 Å². The van der Waals surface area contributed by atoms with Crippen molar-refractivity contribution in [1.29, 1.82) is 0 Å². The molecule has 3 rings (SSSR count). The van der Waals surface area contributed by atoms with Crippen LogP contribution in [-0.2, 0) is 6.42 Å². The Kier molecular flexibility index (Phi) is 5.31. The van der Waals surface area contributed by atoms with Crippen molar-refractivity contribution in [1.82, 2.24) is 0 Å². The van der Waals surface area contributed by atoms with Gasteiger partial charge in [-0.1, -0.05) is 23.8 Å². The highest BCUT2D eigenvalue weighted by molar-refractivity contribution is 5.98. The van der Waals surface area contributed by atoms with Gasteiger partial charge in [0.15, 0.2) is 17.3 Å². The van der Waals surface area contributed by atoms with E-state index in [4.69, 9.17) is 14.2 Å². The van der Waals surface area contributed by atoms with Gasteiger partial charge in [-0.05, 0) is 54.7 Å². The molecule has 0 fully saturated rings. The summed E-state index contributed by atoms with van der Waals surface area (Å²) in [5, 5.41) is 0. The fourth-order valence-electron chi connectivity index (χ4n) is 3.32. The van der Waals surface area contributed by atoms with E-state index in [1.54, 1.807) is 21.3 Å². The van der Waals surface area contributed by atoms with Crippen LogP contribution in [0.1, 0.15) is 39.9 Å². The number of carbonyl (C=O) groups excluding carboxylic acids is 1. The molecule has 1 aliphatic rings. The number of aryl methyl sites for hydroxylation is 2. The number of allylic oxidation sites excluding steroid dienone is 1. The summed E-state index contributed by atoms with van der Waals surface area (Å²) in [4.78, 5) is 12.7. The monoisotopic (exact) mass is 352 g/mol. The van der Waals surface area contributed by atoms with Crippen molar-refractivity contribution in [3.8, 4) is 17.2 Å². The quantitative estimate of drug-likeness (QED) is 0.712. The van der Waals surface area contributed by atoms with E-state index in [0.29, 0.717) is 17.7 Å². The summed E-state index contributed by atoms with van der Waals surface area (Å²) < 4.78 is 16.1. The minimum Gasteiger partial charge on any atom is -0.496 e. The van der Waals surface area contributed by atoms with Crippen LogP contribution in [0.25, 0.3) is 6.08 Å². The van der Waals surface area contributed by atoms with Crippen LogP contribution in [0.2, 0.25) is 0 Å². The van der Waals surface area contributed by atoms with Gasteiger partial charge in [-0.15, -0.1) is 0 Å². The molecule has 2 aromatic rings. The van der Waals surface area contributed by atoms with Crippen molar-refractivity contribution in [3.05, 3.63) is 58.2 Å². The number of benzene rings is 2. The van der Waals surface area contributed by atoms with E-state index < -0.39 is 0 Å². The molecule has 4 nitrogen and oxygen atoms in total. The molecule has 4 heteroatoms. The summed E-state index contributed by atoms with van der Waals surface area (Å²) in [6.45, 7) is 1.97. The molecule has 0 atom stereocenters. The first-order valence-electron chi connectivity index (χ1n) is 8.68. The molecule has 26 heavy (non-hydrogen) atoms. The first kappa shape index (κ1) is 18.1. The first-order chi connectivity index (χ1) is 12.5. The highest BCUT2D eigenvalue weighted by Crippen LogP contribution is 2.36. The Morgan fingerprint density at radius 3 is 2.31 bits per heavy atom. The minimum atomic E-state index is 0.110. The van der Waals surface area contributed by atoms with Gasteiger partial charge in [0.1, 0.15) is 5.75 Å². The van der Waals surface area contributed by atoms with Crippen molar-refractivity contribution in [2.75, 3.05) is 21.3 Å². The molecule has 0 radical (unpaired) electrons. The summed E-state index contributed by atoms with van der Waals surface area (Å²) in [7, 11) is 4.90. The number of ether oxygens (including phenoxy) is 3. The Balaban J connectivity index is 1.83. The second kappa shape index (κ2) is 7.65. The summed E-state index contributed by atoms with van der Waals surface area (Å²) in [6.07, 6.45) is 4.29. The van der Waals surface area contributed by atoms with Crippen LogP contribution < -0.4 is 14.2 Å². The van der Waals surface area contributed by atoms with Crippen LogP contribution in [0.15, 0.2) is 35.9 Å². The van der Waals surface area contributed by atoms with Crippen LogP contribution in [-0.4, -0.2) is 27.1 Å². The van der Waals surface area contributed by atoms with Gasteiger partial charge in [0.05, 0.1) is 21.3 Å². The molecule has 0 amide bonds. The van der Waals surface area contributed by atoms with Crippen LogP contribution in [0, 0.1) is 6.92 Å². The highest BCUT2D eigenvalue weighted by Gasteiger charge is 2.18. The van der Waals surface area contributed by atoms with Gasteiger partial charge < -0.3 is 14.2 Å². The van der Waals surface area contributed by atoms with Gasteiger partial charge in [-0.2, -0.15) is 0 Å². The summed E-state index contributed by atoms with van der Waals surface area (Å²) in [5.41, 5.74) is 5.16. The second-order valence-corrected chi connectivity index (χ2v) is 6.49. The van der Waals surface area contributed by atoms with E-state index in [1.807, 2.05) is 37.3 Å². The largest absolute Gasteiger partial charge is 0.496 e. The third kappa shape index (κ3) is 3.59. The van der Waals surface area contributed by atoms with Crippen LogP contribution in [0.4, 0.5) is 0 Å². The Morgan fingerprint density at radius 1 is 0.923 bits per heavy atom. The summed E-state index contributed by atoms with van der Waals surface area (Å²) in [6, 6.07) is 9.61. The zero-order chi connectivity index (χ0) is 18.7. The third-order valence-corrected chi connectivity index (χ3v) is 4.84. The molecule has 0 spiro atoms. The summed E-state index contributed by atoms with van der Waals surface area (Å²) >= 11 is 0. The van der Waals surface area contributed by atoms with E-state index in [0.717, 1.165) is 41.0 Å². The van der Waals surface area contributed by atoms with E-state index in [-0.39, 0.29) is 5.78 Å². The smallest absolute Gasteiger partial charge is 0.167 e. The minimum absolute atomic E-state index is 0.110. The zero-order valence-corrected chi connectivity index (χ0v) is 15.7. The number of fused-ring (bicyclic) bond motifs is 1. The van der Waals surface area contributed by atoms with Crippen LogP contribution in [0.5, 0.6) is 17.2 Å². The molecule has 2 aromatic carbocycles. The number of Topliss-reactive ketones (excluding diaryl/α,β-unsaturated/α-hetero) is 1. The van der Waals surface area contributed by atoms with Gasteiger partial charge >= 0.3 is 0 Å². The zero-order valence-electron chi connectivity index (χ0n) is 15.7. The molecule has 0 heterocycles. The van der Waals surface area contributed by atoms with Gasteiger partial charge in [0, 0.05) is 12.0 Å². The lowest BCUT2D eigenvalue weighted by molar-refractivity contribution is 0.0992. The van der Waals surface area contributed by atoms with Gasteiger partial charge in [0.25, 0.3) is 0 Å². The van der Waals surface area contributed by atoms with E-state index in [1.165, 1.54) is 5.56 Å². The Labute approximate surface area is 154 Å². The molecule has 0 bridgehead atoms. The fraction of sp³-hybridized carbons (Fsp3) is 0.318. The standard InChI is InChI=1S/C22H24O4/c1-14-5-7-17(12-20(14)24-2)19(23)10-15-6-8-16-11-21(25-3)22(26-4)13-18(16)9-15/h5,7,9,11-13H,6,8,10H2,1-4H3. The number of hydrogen-bond acceptors (Lipinski definition) is 4.